The average molecular weight is 460 g/mol. The molecule has 2 aromatic carbocycles. The number of carbonyl (C=O) groups excluding carboxylic acids is 1. The molecule has 0 N–H and O–H groups in total. The van der Waals surface area contributed by atoms with Gasteiger partial charge in [0.05, 0.1) is 5.92 Å². The lowest BCUT2D eigenvalue weighted by Gasteiger charge is -2.39. The number of halogens is 1. The van der Waals surface area contributed by atoms with Gasteiger partial charge in [-0.2, -0.15) is 0 Å². The number of aromatic nitrogens is 2. The molecule has 1 aromatic heterocycles. The van der Waals surface area contributed by atoms with Crippen molar-refractivity contribution in [3.05, 3.63) is 78.4 Å². The SMILES string of the molecule is O=C([C@@H]1CCCN(c2ncc(-c3ccc(F)cc3)cn2)C1)N1CCN(Cc2ccccc2)CC1. The molecule has 1 amide bonds. The van der Waals surface area contributed by atoms with Crippen LogP contribution in [0, 0.1) is 11.7 Å². The molecule has 0 radical (unpaired) electrons. The number of rotatable bonds is 5. The summed E-state index contributed by atoms with van der Waals surface area (Å²) in [5.41, 5.74) is 3.04. The van der Waals surface area contributed by atoms with Crippen molar-refractivity contribution in [2.75, 3.05) is 44.2 Å². The molecule has 2 fully saturated rings. The molecule has 3 aromatic rings. The predicted molar refractivity (Wildman–Crippen MR) is 131 cm³/mol. The minimum atomic E-state index is -0.261. The van der Waals surface area contributed by atoms with Crippen LogP contribution in [0.4, 0.5) is 10.3 Å². The maximum atomic E-state index is 13.3. The molecule has 0 aliphatic carbocycles. The first-order chi connectivity index (χ1) is 16.7. The lowest BCUT2D eigenvalue weighted by Crippen LogP contribution is -2.52. The van der Waals surface area contributed by atoms with Gasteiger partial charge in [-0.25, -0.2) is 14.4 Å². The first-order valence-electron chi connectivity index (χ1n) is 12.0. The molecule has 1 atom stereocenters. The van der Waals surface area contributed by atoms with Crippen LogP contribution in [0.3, 0.4) is 0 Å². The van der Waals surface area contributed by atoms with Gasteiger partial charge in [-0.3, -0.25) is 9.69 Å². The second kappa shape index (κ2) is 10.3. The van der Waals surface area contributed by atoms with Gasteiger partial charge >= 0.3 is 0 Å². The van der Waals surface area contributed by atoms with Crippen molar-refractivity contribution in [1.29, 1.82) is 0 Å². The number of benzene rings is 2. The van der Waals surface area contributed by atoms with E-state index in [1.165, 1.54) is 17.7 Å². The molecule has 0 spiro atoms. The van der Waals surface area contributed by atoms with E-state index in [0.717, 1.165) is 63.2 Å². The first-order valence-corrected chi connectivity index (χ1v) is 12.0. The third-order valence-electron chi connectivity index (χ3n) is 6.80. The summed E-state index contributed by atoms with van der Waals surface area (Å²) < 4.78 is 13.2. The Kier molecular flexibility index (Phi) is 6.81. The molecule has 34 heavy (non-hydrogen) atoms. The van der Waals surface area contributed by atoms with E-state index < -0.39 is 0 Å². The molecule has 7 heteroatoms. The summed E-state index contributed by atoms with van der Waals surface area (Å²) in [6.45, 7) is 5.82. The number of carbonyl (C=O) groups is 1. The van der Waals surface area contributed by atoms with Gasteiger partial charge in [-0.1, -0.05) is 42.5 Å². The quantitative estimate of drug-likeness (QED) is 0.580. The molecule has 2 aliphatic rings. The molecule has 176 valence electrons. The van der Waals surface area contributed by atoms with E-state index in [2.05, 4.69) is 44.0 Å². The van der Waals surface area contributed by atoms with E-state index in [1.807, 2.05) is 11.0 Å². The number of piperidine rings is 1. The van der Waals surface area contributed by atoms with Gasteiger partial charge in [0.25, 0.3) is 0 Å². The van der Waals surface area contributed by atoms with Crippen LogP contribution in [-0.2, 0) is 11.3 Å². The number of nitrogens with zero attached hydrogens (tertiary/aromatic N) is 5. The van der Waals surface area contributed by atoms with Crippen LogP contribution in [0.2, 0.25) is 0 Å². The van der Waals surface area contributed by atoms with Gasteiger partial charge in [0.1, 0.15) is 5.82 Å². The largest absolute Gasteiger partial charge is 0.340 e. The zero-order chi connectivity index (χ0) is 23.3. The van der Waals surface area contributed by atoms with Crippen LogP contribution < -0.4 is 4.90 Å². The fourth-order valence-electron chi connectivity index (χ4n) is 4.86. The number of anilines is 1. The van der Waals surface area contributed by atoms with Crippen LogP contribution in [0.25, 0.3) is 11.1 Å². The second-order valence-electron chi connectivity index (χ2n) is 9.15. The smallest absolute Gasteiger partial charge is 0.227 e. The summed E-state index contributed by atoms with van der Waals surface area (Å²) >= 11 is 0. The van der Waals surface area contributed by atoms with Crippen molar-refractivity contribution in [3.8, 4) is 11.1 Å². The first kappa shape index (κ1) is 22.5. The highest BCUT2D eigenvalue weighted by molar-refractivity contribution is 5.80. The van der Waals surface area contributed by atoms with Crippen LogP contribution in [-0.4, -0.2) is 64.9 Å². The van der Waals surface area contributed by atoms with E-state index in [1.54, 1.807) is 24.5 Å². The molecule has 0 unspecified atom stereocenters. The molecule has 3 heterocycles. The van der Waals surface area contributed by atoms with Crippen molar-refractivity contribution in [3.63, 3.8) is 0 Å². The summed E-state index contributed by atoms with van der Waals surface area (Å²) in [6, 6.07) is 16.8. The molecule has 6 nitrogen and oxygen atoms in total. The van der Waals surface area contributed by atoms with Crippen molar-refractivity contribution in [2.45, 2.75) is 19.4 Å². The van der Waals surface area contributed by atoms with Gasteiger partial charge < -0.3 is 9.80 Å². The summed E-state index contributed by atoms with van der Waals surface area (Å²) in [6.07, 6.45) is 5.40. The van der Waals surface area contributed by atoms with Crippen LogP contribution in [0.15, 0.2) is 67.0 Å². The lowest BCUT2D eigenvalue weighted by atomic mass is 9.96. The van der Waals surface area contributed by atoms with Gasteiger partial charge in [0, 0.05) is 63.8 Å². The maximum Gasteiger partial charge on any atom is 0.227 e. The Morgan fingerprint density at radius 1 is 0.882 bits per heavy atom. The van der Waals surface area contributed by atoms with Crippen LogP contribution >= 0.6 is 0 Å². The Morgan fingerprint density at radius 2 is 1.59 bits per heavy atom. The van der Waals surface area contributed by atoms with Gasteiger partial charge in [0.2, 0.25) is 11.9 Å². The fraction of sp³-hybridized carbons (Fsp3) is 0.370. The minimum absolute atomic E-state index is 0.0187. The van der Waals surface area contributed by atoms with E-state index in [-0.39, 0.29) is 17.6 Å². The zero-order valence-electron chi connectivity index (χ0n) is 19.3. The van der Waals surface area contributed by atoms with Gasteiger partial charge in [-0.05, 0) is 36.1 Å². The van der Waals surface area contributed by atoms with E-state index in [9.17, 15) is 9.18 Å². The summed E-state index contributed by atoms with van der Waals surface area (Å²) in [4.78, 5) is 28.9. The Balaban J connectivity index is 1.16. The van der Waals surface area contributed by atoms with E-state index >= 15 is 0 Å². The molecule has 5 rings (SSSR count). The number of hydrogen-bond acceptors (Lipinski definition) is 5. The third kappa shape index (κ3) is 5.25. The Morgan fingerprint density at radius 3 is 2.29 bits per heavy atom. The van der Waals surface area contributed by atoms with E-state index in [0.29, 0.717) is 12.5 Å². The molecule has 0 saturated carbocycles. The Hall–Kier alpha value is -3.32. The highest BCUT2D eigenvalue weighted by atomic mass is 19.1. The molecule has 0 bridgehead atoms. The molecular formula is C27H30FN5O. The van der Waals surface area contributed by atoms with Crippen LogP contribution in [0.5, 0.6) is 0 Å². The zero-order valence-corrected chi connectivity index (χ0v) is 19.3. The van der Waals surface area contributed by atoms with Gasteiger partial charge in [-0.15, -0.1) is 0 Å². The number of hydrogen-bond donors (Lipinski definition) is 0. The second-order valence-corrected chi connectivity index (χ2v) is 9.15. The highest BCUT2D eigenvalue weighted by Gasteiger charge is 2.31. The predicted octanol–water partition coefficient (Wildman–Crippen LogP) is 3.84. The lowest BCUT2D eigenvalue weighted by molar-refractivity contribution is -0.137. The fourth-order valence-corrected chi connectivity index (χ4v) is 4.86. The monoisotopic (exact) mass is 459 g/mol. The normalized spacial score (nSPS) is 19.3. The van der Waals surface area contributed by atoms with E-state index in [4.69, 9.17) is 0 Å². The standard InChI is InChI=1S/C27H30FN5O/c28-25-10-8-22(9-11-25)24-17-29-27(30-18-24)33-12-4-7-23(20-33)26(34)32-15-13-31(14-16-32)19-21-5-2-1-3-6-21/h1-3,5-6,8-11,17-18,23H,4,7,12-16,19-20H2/t23-/m1/s1. The summed E-state index contributed by atoms with van der Waals surface area (Å²) in [5, 5.41) is 0. The number of amides is 1. The Labute approximate surface area is 200 Å². The molecule has 2 saturated heterocycles. The average Bonchev–Trinajstić information content (AvgIpc) is 2.90. The molecule has 2 aliphatic heterocycles. The van der Waals surface area contributed by atoms with Crippen molar-refractivity contribution in [2.24, 2.45) is 5.92 Å². The topological polar surface area (TPSA) is 52.6 Å². The maximum absolute atomic E-state index is 13.3. The molecular weight excluding hydrogens is 429 g/mol. The van der Waals surface area contributed by atoms with Crippen molar-refractivity contribution in [1.82, 2.24) is 19.8 Å². The van der Waals surface area contributed by atoms with Crippen LogP contribution in [0.1, 0.15) is 18.4 Å². The van der Waals surface area contributed by atoms with Crippen molar-refractivity contribution >= 4 is 11.9 Å². The highest BCUT2D eigenvalue weighted by Crippen LogP contribution is 2.24. The number of piperazine rings is 1. The minimum Gasteiger partial charge on any atom is -0.340 e. The summed E-state index contributed by atoms with van der Waals surface area (Å²) in [7, 11) is 0. The summed E-state index contributed by atoms with van der Waals surface area (Å²) in [5.74, 6) is 0.626. The van der Waals surface area contributed by atoms with Gasteiger partial charge in [0.15, 0.2) is 0 Å². The Bertz CT molecular complexity index is 1080. The third-order valence-corrected chi connectivity index (χ3v) is 6.80. The van der Waals surface area contributed by atoms with Crippen molar-refractivity contribution < 1.29 is 9.18 Å².